The Labute approximate surface area is 202 Å². The number of hydrogen-bond donors (Lipinski definition) is 3. The van der Waals surface area contributed by atoms with E-state index in [-0.39, 0.29) is 13.2 Å². The van der Waals surface area contributed by atoms with E-state index >= 15 is 0 Å². The van der Waals surface area contributed by atoms with Gasteiger partial charge in [0.05, 0.1) is 13.2 Å². The molecule has 1 rings (SSSR count). The van der Waals surface area contributed by atoms with Crippen LogP contribution in [-0.4, -0.2) is 58.9 Å². The minimum Gasteiger partial charge on any atom is -0.457 e. The van der Waals surface area contributed by atoms with Crippen molar-refractivity contribution in [1.29, 1.82) is 0 Å². The Morgan fingerprint density at radius 2 is 1.18 bits per heavy atom. The molecule has 1 heterocycles. The largest absolute Gasteiger partial charge is 0.457 e. The molecular formula is C27H52O6. The smallest absolute Gasteiger partial charge is 0.306 e. The maximum absolute atomic E-state index is 12.0. The Morgan fingerprint density at radius 3 is 1.61 bits per heavy atom. The lowest BCUT2D eigenvalue weighted by Crippen LogP contribution is -2.55. The second kappa shape index (κ2) is 20.7. The van der Waals surface area contributed by atoms with Crippen molar-refractivity contribution >= 4 is 5.97 Å². The Hall–Kier alpha value is -0.690. The number of aliphatic hydroxyl groups is 3. The highest BCUT2D eigenvalue weighted by molar-refractivity contribution is 5.69. The topological polar surface area (TPSA) is 96.2 Å². The number of unbranched alkanes of at least 4 members (excludes halogenated alkanes) is 17. The second-order valence-corrected chi connectivity index (χ2v) is 9.83. The molecular weight excluding hydrogens is 420 g/mol. The third-order valence-corrected chi connectivity index (χ3v) is 6.76. The van der Waals surface area contributed by atoms with Crippen LogP contribution in [0.5, 0.6) is 0 Å². The fourth-order valence-electron chi connectivity index (χ4n) is 4.55. The van der Waals surface area contributed by atoms with E-state index in [0.29, 0.717) is 6.42 Å². The number of carbonyl (C=O) groups excluding carboxylic acids is 1. The van der Waals surface area contributed by atoms with Crippen LogP contribution in [0.4, 0.5) is 0 Å². The van der Waals surface area contributed by atoms with Gasteiger partial charge in [-0.25, -0.2) is 0 Å². The lowest BCUT2D eigenvalue weighted by atomic mass is 10.0. The first-order valence-electron chi connectivity index (χ1n) is 13.9. The summed E-state index contributed by atoms with van der Waals surface area (Å²) in [5.74, 6) is -0.409. The Bertz CT molecular complexity index is 458. The molecule has 0 aromatic carbocycles. The summed E-state index contributed by atoms with van der Waals surface area (Å²) in [5, 5.41) is 29.1. The summed E-state index contributed by atoms with van der Waals surface area (Å²) in [6.45, 7) is 1.84. The second-order valence-electron chi connectivity index (χ2n) is 9.83. The van der Waals surface area contributed by atoms with Gasteiger partial charge in [-0.3, -0.25) is 4.79 Å². The van der Waals surface area contributed by atoms with E-state index in [1.807, 2.05) is 0 Å². The molecule has 3 N–H and O–H groups in total. The van der Waals surface area contributed by atoms with Crippen LogP contribution in [0.2, 0.25) is 0 Å². The monoisotopic (exact) mass is 472 g/mol. The van der Waals surface area contributed by atoms with E-state index in [1.54, 1.807) is 0 Å². The minimum absolute atomic E-state index is 0.0561. The number of hydrogen-bond acceptors (Lipinski definition) is 6. The Morgan fingerprint density at radius 1 is 0.758 bits per heavy atom. The van der Waals surface area contributed by atoms with Crippen molar-refractivity contribution < 1.29 is 29.6 Å². The first-order valence-corrected chi connectivity index (χ1v) is 13.9. The van der Waals surface area contributed by atoms with E-state index in [0.717, 1.165) is 19.3 Å². The van der Waals surface area contributed by atoms with Gasteiger partial charge in [0.25, 0.3) is 0 Å². The normalized spacial score (nSPS) is 23.0. The zero-order valence-corrected chi connectivity index (χ0v) is 21.2. The third-order valence-electron chi connectivity index (χ3n) is 6.76. The Balaban J connectivity index is 1.85. The molecule has 0 radical (unpaired) electrons. The van der Waals surface area contributed by atoms with Gasteiger partial charge in [0, 0.05) is 6.42 Å². The Kier molecular flexibility index (Phi) is 19.0. The number of carbonyl (C=O) groups is 1. The predicted molar refractivity (Wildman–Crippen MR) is 132 cm³/mol. The molecule has 0 unspecified atom stereocenters. The van der Waals surface area contributed by atoms with E-state index in [2.05, 4.69) is 6.92 Å². The van der Waals surface area contributed by atoms with E-state index in [1.165, 1.54) is 96.3 Å². The summed E-state index contributed by atoms with van der Waals surface area (Å²) in [6, 6.07) is 0. The number of aliphatic hydroxyl groups excluding tert-OH is 3. The van der Waals surface area contributed by atoms with Crippen molar-refractivity contribution in [3.05, 3.63) is 0 Å². The molecule has 1 saturated heterocycles. The molecule has 0 amide bonds. The van der Waals surface area contributed by atoms with Crippen LogP contribution in [-0.2, 0) is 14.3 Å². The maximum atomic E-state index is 12.0. The molecule has 1 aliphatic rings. The van der Waals surface area contributed by atoms with E-state index in [4.69, 9.17) is 14.6 Å². The summed E-state index contributed by atoms with van der Waals surface area (Å²) in [6.07, 6.45) is 19.6. The molecule has 0 aromatic heterocycles. The van der Waals surface area contributed by atoms with Crippen LogP contribution in [0.15, 0.2) is 0 Å². The van der Waals surface area contributed by atoms with Gasteiger partial charge in [-0.2, -0.15) is 0 Å². The van der Waals surface area contributed by atoms with Gasteiger partial charge in [0.2, 0.25) is 0 Å². The molecule has 0 saturated carbocycles. The van der Waals surface area contributed by atoms with Crippen LogP contribution >= 0.6 is 0 Å². The fraction of sp³-hybridized carbons (Fsp3) is 0.963. The van der Waals surface area contributed by atoms with Crippen molar-refractivity contribution in [2.75, 3.05) is 13.2 Å². The zero-order valence-electron chi connectivity index (χ0n) is 21.2. The number of ether oxygens (including phenoxy) is 2. The van der Waals surface area contributed by atoms with Gasteiger partial charge in [0.15, 0.2) is 6.10 Å². The number of esters is 1. The maximum Gasteiger partial charge on any atom is 0.306 e. The summed E-state index contributed by atoms with van der Waals surface area (Å²) in [7, 11) is 0. The molecule has 1 fully saturated rings. The summed E-state index contributed by atoms with van der Waals surface area (Å²) in [4.78, 5) is 12.0. The first-order chi connectivity index (χ1) is 16.1. The van der Waals surface area contributed by atoms with E-state index < -0.39 is 30.4 Å². The highest BCUT2D eigenvalue weighted by Gasteiger charge is 2.40. The van der Waals surface area contributed by atoms with Gasteiger partial charge in [-0.15, -0.1) is 0 Å². The van der Waals surface area contributed by atoms with Crippen molar-refractivity contribution in [2.45, 2.75) is 153 Å². The van der Waals surface area contributed by atoms with E-state index in [9.17, 15) is 15.0 Å². The lowest BCUT2D eigenvalue weighted by Gasteiger charge is -2.36. The average Bonchev–Trinajstić information content (AvgIpc) is 2.81. The molecule has 196 valence electrons. The van der Waals surface area contributed by atoms with Gasteiger partial charge in [-0.05, 0) is 6.42 Å². The minimum atomic E-state index is -1.21. The van der Waals surface area contributed by atoms with Crippen molar-refractivity contribution in [1.82, 2.24) is 0 Å². The molecule has 0 aliphatic carbocycles. The van der Waals surface area contributed by atoms with Gasteiger partial charge < -0.3 is 24.8 Å². The SMILES string of the molecule is CCCCCCCCCCCCCCCCCCCCC(=O)O[C@H]1[C@H](O)[C@@H](CO)OC[C@H]1O. The summed E-state index contributed by atoms with van der Waals surface area (Å²) in [5.41, 5.74) is 0. The highest BCUT2D eigenvalue weighted by atomic mass is 16.6. The van der Waals surface area contributed by atoms with Crippen molar-refractivity contribution in [3.8, 4) is 0 Å². The zero-order chi connectivity index (χ0) is 24.2. The highest BCUT2D eigenvalue weighted by Crippen LogP contribution is 2.20. The number of rotatable bonds is 21. The predicted octanol–water partition coefficient (Wildman–Crippen LogP) is 5.44. The lowest BCUT2D eigenvalue weighted by molar-refractivity contribution is -0.213. The molecule has 0 aromatic rings. The summed E-state index contributed by atoms with van der Waals surface area (Å²) < 4.78 is 10.4. The van der Waals surface area contributed by atoms with Crippen LogP contribution in [0.25, 0.3) is 0 Å². The quantitative estimate of drug-likeness (QED) is 0.152. The standard InChI is InChI=1S/C27H52O6/c1-2-3-4-5-6-7-8-9-10-11-12-13-14-15-16-17-18-19-20-25(30)33-27-23(29)22-32-24(21-28)26(27)31/h23-24,26-29,31H,2-22H2,1H3/t23-,24-,26-,27-/m1/s1. The third kappa shape index (κ3) is 15.0. The average molecular weight is 473 g/mol. The summed E-state index contributed by atoms with van der Waals surface area (Å²) >= 11 is 0. The van der Waals surface area contributed by atoms with Crippen LogP contribution in [0.1, 0.15) is 129 Å². The molecule has 4 atom stereocenters. The molecule has 6 heteroatoms. The molecule has 1 aliphatic heterocycles. The van der Waals surface area contributed by atoms with Crippen LogP contribution in [0.3, 0.4) is 0 Å². The fourth-order valence-corrected chi connectivity index (χ4v) is 4.55. The van der Waals surface area contributed by atoms with Gasteiger partial charge in [-0.1, -0.05) is 116 Å². The van der Waals surface area contributed by atoms with Crippen molar-refractivity contribution in [2.24, 2.45) is 0 Å². The molecule has 33 heavy (non-hydrogen) atoms. The van der Waals surface area contributed by atoms with Gasteiger partial charge >= 0.3 is 5.97 Å². The van der Waals surface area contributed by atoms with Gasteiger partial charge in [0.1, 0.15) is 18.3 Å². The molecule has 0 spiro atoms. The van der Waals surface area contributed by atoms with Crippen LogP contribution in [0, 0.1) is 0 Å². The van der Waals surface area contributed by atoms with Crippen molar-refractivity contribution in [3.63, 3.8) is 0 Å². The van der Waals surface area contributed by atoms with Crippen LogP contribution < -0.4 is 0 Å². The first kappa shape index (κ1) is 30.3. The molecule has 6 nitrogen and oxygen atoms in total. The molecule has 0 bridgehead atoms.